The van der Waals surface area contributed by atoms with Gasteiger partial charge in [0, 0.05) is 6.54 Å². The van der Waals surface area contributed by atoms with E-state index in [0.717, 1.165) is 0 Å². The summed E-state index contributed by atoms with van der Waals surface area (Å²) in [6.45, 7) is 0.237. The van der Waals surface area contributed by atoms with Gasteiger partial charge in [-0.1, -0.05) is 12.1 Å². The number of benzene rings is 1. The van der Waals surface area contributed by atoms with E-state index >= 15 is 0 Å². The van der Waals surface area contributed by atoms with E-state index in [-0.39, 0.29) is 6.54 Å². The second kappa shape index (κ2) is 5.37. The zero-order chi connectivity index (χ0) is 13.0. The summed E-state index contributed by atoms with van der Waals surface area (Å²) < 4.78 is 10.9. The maximum atomic E-state index is 11.3. The molecule has 0 bridgehead atoms. The zero-order valence-corrected chi connectivity index (χ0v) is 9.71. The molecule has 5 nitrogen and oxygen atoms in total. The van der Waals surface area contributed by atoms with Gasteiger partial charge in [-0.15, -0.1) is 0 Å². The van der Waals surface area contributed by atoms with Gasteiger partial charge in [0.25, 0.3) is 5.91 Å². The molecule has 0 aliphatic carbocycles. The van der Waals surface area contributed by atoms with Crippen LogP contribution >= 0.6 is 0 Å². The van der Waals surface area contributed by atoms with E-state index in [9.17, 15) is 4.79 Å². The number of hydrogen-bond donors (Lipinski definition) is 2. The van der Waals surface area contributed by atoms with Crippen LogP contribution in [0, 0.1) is 0 Å². The maximum Gasteiger partial charge on any atom is 0.252 e. The van der Waals surface area contributed by atoms with Gasteiger partial charge < -0.3 is 20.6 Å². The molecule has 1 unspecified atom stereocenters. The molecule has 2 rings (SSSR count). The molecule has 0 spiro atoms. The number of rotatable bonds is 5. The van der Waals surface area contributed by atoms with Crippen molar-refractivity contribution < 1.29 is 13.9 Å². The van der Waals surface area contributed by atoms with Crippen LogP contribution in [0.5, 0.6) is 5.75 Å². The quantitative estimate of drug-likeness (QED) is 0.835. The van der Waals surface area contributed by atoms with Gasteiger partial charge in [-0.25, -0.2) is 0 Å². The van der Waals surface area contributed by atoms with E-state index in [4.69, 9.17) is 20.6 Å². The number of amides is 1. The SMILES string of the molecule is NCC(Oc1ccccc1C(N)=O)c1ccco1. The molecule has 1 amide bonds. The van der Waals surface area contributed by atoms with Crippen LogP contribution < -0.4 is 16.2 Å². The molecule has 0 aliphatic rings. The lowest BCUT2D eigenvalue weighted by molar-refractivity contribution is 0.0991. The molecule has 0 saturated heterocycles. The Labute approximate surface area is 104 Å². The van der Waals surface area contributed by atoms with Crippen LogP contribution in [0.25, 0.3) is 0 Å². The molecule has 0 saturated carbocycles. The minimum atomic E-state index is -0.541. The Balaban J connectivity index is 2.25. The zero-order valence-electron chi connectivity index (χ0n) is 9.71. The molecule has 2 aromatic rings. The summed E-state index contributed by atoms with van der Waals surface area (Å²) >= 11 is 0. The van der Waals surface area contributed by atoms with Crippen molar-refractivity contribution in [3.8, 4) is 5.75 Å². The Morgan fingerprint density at radius 2 is 2.06 bits per heavy atom. The smallest absolute Gasteiger partial charge is 0.252 e. The number of ether oxygens (including phenoxy) is 1. The molecule has 18 heavy (non-hydrogen) atoms. The van der Waals surface area contributed by atoms with Gasteiger partial charge in [-0.05, 0) is 24.3 Å². The number of furan rings is 1. The predicted molar refractivity (Wildman–Crippen MR) is 66.1 cm³/mol. The number of hydrogen-bond acceptors (Lipinski definition) is 4. The van der Waals surface area contributed by atoms with E-state index in [2.05, 4.69) is 0 Å². The van der Waals surface area contributed by atoms with Gasteiger partial charge in [0.1, 0.15) is 11.5 Å². The van der Waals surface area contributed by atoms with E-state index in [1.807, 2.05) is 0 Å². The minimum absolute atomic E-state index is 0.237. The summed E-state index contributed by atoms with van der Waals surface area (Å²) in [4.78, 5) is 11.3. The molecular weight excluding hydrogens is 232 g/mol. The summed E-state index contributed by atoms with van der Waals surface area (Å²) in [5.41, 5.74) is 11.2. The summed E-state index contributed by atoms with van der Waals surface area (Å²) in [6.07, 6.45) is 1.10. The van der Waals surface area contributed by atoms with E-state index < -0.39 is 12.0 Å². The Bertz CT molecular complexity index is 523. The van der Waals surface area contributed by atoms with Crippen molar-refractivity contribution in [2.24, 2.45) is 11.5 Å². The molecule has 1 aromatic carbocycles. The van der Waals surface area contributed by atoms with Crippen LogP contribution in [0.2, 0.25) is 0 Å². The monoisotopic (exact) mass is 246 g/mol. The lowest BCUT2D eigenvalue weighted by atomic mass is 10.2. The first-order chi connectivity index (χ1) is 8.72. The maximum absolute atomic E-state index is 11.3. The number of para-hydroxylation sites is 1. The van der Waals surface area contributed by atoms with Crippen molar-refractivity contribution in [2.45, 2.75) is 6.10 Å². The number of carbonyl (C=O) groups is 1. The molecule has 0 radical (unpaired) electrons. The first-order valence-electron chi connectivity index (χ1n) is 5.51. The van der Waals surface area contributed by atoms with Crippen molar-refractivity contribution in [3.63, 3.8) is 0 Å². The lowest BCUT2D eigenvalue weighted by Crippen LogP contribution is -2.20. The molecule has 1 heterocycles. The molecule has 0 fully saturated rings. The van der Waals surface area contributed by atoms with Crippen LogP contribution in [0.1, 0.15) is 22.2 Å². The topological polar surface area (TPSA) is 91.5 Å². The summed E-state index contributed by atoms with van der Waals surface area (Å²) in [7, 11) is 0. The number of primary amides is 1. The molecule has 94 valence electrons. The Morgan fingerprint density at radius 3 is 2.67 bits per heavy atom. The second-order valence-corrected chi connectivity index (χ2v) is 3.72. The minimum Gasteiger partial charge on any atom is -0.480 e. The summed E-state index contributed by atoms with van der Waals surface area (Å²) in [6, 6.07) is 10.3. The number of carbonyl (C=O) groups excluding carboxylic acids is 1. The van der Waals surface area contributed by atoms with Gasteiger partial charge >= 0.3 is 0 Å². The highest BCUT2D eigenvalue weighted by atomic mass is 16.5. The summed E-state index contributed by atoms with van der Waals surface area (Å²) in [5.74, 6) is 0.467. The third kappa shape index (κ3) is 2.52. The van der Waals surface area contributed by atoms with Crippen LogP contribution in [0.4, 0.5) is 0 Å². The van der Waals surface area contributed by atoms with Gasteiger partial charge in [0.15, 0.2) is 6.10 Å². The third-order valence-electron chi connectivity index (χ3n) is 2.50. The average molecular weight is 246 g/mol. The van der Waals surface area contributed by atoms with Crippen LogP contribution in [0.15, 0.2) is 47.1 Å². The molecule has 0 aliphatic heterocycles. The third-order valence-corrected chi connectivity index (χ3v) is 2.50. The first kappa shape index (κ1) is 12.2. The van der Waals surface area contributed by atoms with Crippen molar-refractivity contribution in [3.05, 3.63) is 54.0 Å². The van der Waals surface area contributed by atoms with Crippen LogP contribution in [-0.2, 0) is 0 Å². The van der Waals surface area contributed by atoms with Gasteiger partial charge in [-0.2, -0.15) is 0 Å². The van der Waals surface area contributed by atoms with Gasteiger partial charge in [0.2, 0.25) is 0 Å². The lowest BCUT2D eigenvalue weighted by Gasteiger charge is -2.16. The fourth-order valence-electron chi connectivity index (χ4n) is 1.62. The van der Waals surface area contributed by atoms with Crippen molar-refractivity contribution >= 4 is 5.91 Å². The fraction of sp³-hybridized carbons (Fsp3) is 0.154. The Kier molecular flexibility index (Phi) is 3.64. The number of nitrogens with two attached hydrogens (primary N) is 2. The average Bonchev–Trinajstić information content (AvgIpc) is 2.90. The largest absolute Gasteiger partial charge is 0.480 e. The molecule has 4 N–H and O–H groups in total. The van der Waals surface area contributed by atoms with Crippen molar-refractivity contribution in [1.82, 2.24) is 0 Å². The highest BCUT2D eigenvalue weighted by molar-refractivity contribution is 5.95. The Morgan fingerprint density at radius 1 is 1.28 bits per heavy atom. The Hall–Kier alpha value is -2.27. The van der Waals surface area contributed by atoms with E-state index in [1.165, 1.54) is 0 Å². The molecular formula is C13H14N2O3. The van der Waals surface area contributed by atoms with Crippen molar-refractivity contribution in [1.29, 1.82) is 0 Å². The molecule has 1 atom stereocenters. The standard InChI is InChI=1S/C13H14N2O3/c14-8-12(11-6-3-7-17-11)18-10-5-2-1-4-9(10)13(15)16/h1-7,12H,8,14H2,(H2,15,16). The van der Waals surface area contributed by atoms with Crippen molar-refractivity contribution in [2.75, 3.05) is 6.54 Å². The molecule has 1 aromatic heterocycles. The molecule has 5 heteroatoms. The highest BCUT2D eigenvalue weighted by Gasteiger charge is 2.17. The van der Waals surface area contributed by atoms with Crippen LogP contribution in [0.3, 0.4) is 0 Å². The second-order valence-electron chi connectivity index (χ2n) is 3.72. The van der Waals surface area contributed by atoms with E-state index in [0.29, 0.717) is 17.1 Å². The first-order valence-corrected chi connectivity index (χ1v) is 5.51. The summed E-state index contributed by atoms with van der Waals surface area (Å²) in [5, 5.41) is 0. The highest BCUT2D eigenvalue weighted by Crippen LogP contribution is 2.24. The van der Waals surface area contributed by atoms with Gasteiger partial charge in [-0.3, -0.25) is 4.79 Å². The normalized spacial score (nSPS) is 12.1. The predicted octanol–water partition coefficient (Wildman–Crippen LogP) is 1.46. The van der Waals surface area contributed by atoms with E-state index in [1.54, 1.807) is 42.7 Å². The van der Waals surface area contributed by atoms with Crippen LogP contribution in [-0.4, -0.2) is 12.5 Å². The van der Waals surface area contributed by atoms with Gasteiger partial charge in [0.05, 0.1) is 11.8 Å². The fourth-order valence-corrected chi connectivity index (χ4v) is 1.62.